The van der Waals surface area contributed by atoms with Gasteiger partial charge in [-0.3, -0.25) is 0 Å². The molecule has 0 saturated heterocycles. The van der Waals surface area contributed by atoms with Gasteiger partial charge in [-0.2, -0.15) is 4.80 Å². The van der Waals surface area contributed by atoms with Crippen molar-refractivity contribution in [3.05, 3.63) is 5.82 Å². The van der Waals surface area contributed by atoms with Crippen molar-refractivity contribution in [2.75, 3.05) is 0 Å². The van der Waals surface area contributed by atoms with Crippen LogP contribution < -0.4 is 5.32 Å². The Morgan fingerprint density at radius 2 is 1.95 bits per heavy atom. The molecule has 0 aromatic carbocycles. The van der Waals surface area contributed by atoms with Crippen LogP contribution in [-0.2, 0) is 11.8 Å². The van der Waals surface area contributed by atoms with E-state index in [-0.39, 0.29) is 12.1 Å². The van der Waals surface area contributed by atoms with Gasteiger partial charge in [0.2, 0.25) is 0 Å². The Morgan fingerprint density at radius 1 is 1.30 bits per heavy atom. The van der Waals surface area contributed by atoms with Crippen molar-refractivity contribution in [2.45, 2.75) is 64.0 Å². The first-order chi connectivity index (χ1) is 9.33. The summed E-state index contributed by atoms with van der Waals surface area (Å²) in [6.07, 6.45) is 3.43. The second-order valence-electron chi connectivity index (χ2n) is 6.33. The lowest BCUT2D eigenvalue weighted by Crippen LogP contribution is -2.40. The second kappa shape index (κ2) is 5.76. The van der Waals surface area contributed by atoms with Crippen LogP contribution in [0.5, 0.6) is 0 Å². The van der Waals surface area contributed by atoms with Gasteiger partial charge in [-0.15, -0.1) is 10.2 Å². The fraction of sp³-hybridized carbons (Fsp3) is 0.846. The fourth-order valence-corrected chi connectivity index (χ4v) is 2.43. The number of aryl methyl sites for hydroxylation is 1. The molecule has 1 aliphatic carbocycles. The molecule has 112 valence electrons. The number of carbonyl (C=O) groups excluding carboxylic acids is 1. The summed E-state index contributed by atoms with van der Waals surface area (Å²) in [4.78, 5) is 13.2. The lowest BCUT2D eigenvalue weighted by Gasteiger charge is -2.28. The van der Waals surface area contributed by atoms with E-state index >= 15 is 0 Å². The number of hydrogen-bond acceptors (Lipinski definition) is 5. The van der Waals surface area contributed by atoms with Crippen molar-refractivity contribution in [2.24, 2.45) is 7.05 Å². The van der Waals surface area contributed by atoms with E-state index in [1.54, 1.807) is 7.05 Å². The fourth-order valence-electron chi connectivity index (χ4n) is 2.43. The minimum Gasteiger partial charge on any atom is -0.444 e. The topological polar surface area (TPSA) is 81.9 Å². The van der Waals surface area contributed by atoms with Gasteiger partial charge < -0.3 is 10.1 Å². The number of nitrogens with zero attached hydrogens (tertiary/aromatic N) is 4. The van der Waals surface area contributed by atoms with Gasteiger partial charge in [-0.1, -0.05) is 0 Å². The van der Waals surface area contributed by atoms with E-state index < -0.39 is 5.60 Å². The van der Waals surface area contributed by atoms with Gasteiger partial charge in [-0.05, 0) is 51.7 Å². The van der Waals surface area contributed by atoms with Gasteiger partial charge in [-0.25, -0.2) is 4.79 Å². The molecule has 0 aliphatic heterocycles. The summed E-state index contributed by atoms with van der Waals surface area (Å²) >= 11 is 0. The van der Waals surface area contributed by atoms with E-state index in [1.807, 2.05) is 20.8 Å². The number of amides is 1. The summed E-state index contributed by atoms with van der Waals surface area (Å²) in [6.45, 7) is 5.59. The highest BCUT2D eigenvalue weighted by atomic mass is 16.6. The van der Waals surface area contributed by atoms with Crippen LogP contribution in [0.1, 0.15) is 58.2 Å². The molecule has 1 aromatic heterocycles. The molecule has 1 N–H and O–H groups in total. The van der Waals surface area contributed by atoms with Gasteiger partial charge in [0.1, 0.15) is 5.60 Å². The number of aromatic nitrogens is 4. The minimum absolute atomic E-state index is 0.178. The maximum Gasteiger partial charge on any atom is 0.407 e. The molecule has 1 fully saturated rings. The molecule has 0 radical (unpaired) electrons. The van der Waals surface area contributed by atoms with Gasteiger partial charge >= 0.3 is 6.09 Å². The highest BCUT2D eigenvalue weighted by Gasteiger charge is 2.27. The Bertz CT molecular complexity index is 458. The number of ether oxygens (including phenoxy) is 1. The number of nitrogens with one attached hydrogen (secondary N) is 1. The third kappa shape index (κ3) is 4.18. The van der Waals surface area contributed by atoms with E-state index in [0.29, 0.717) is 5.92 Å². The van der Waals surface area contributed by atoms with Gasteiger partial charge in [0.25, 0.3) is 0 Å². The Balaban J connectivity index is 1.78. The SMILES string of the molecule is Cn1nnc([C@H]2CC[C@H](NC(=O)OC(C)(C)C)CC2)n1. The van der Waals surface area contributed by atoms with Crippen molar-refractivity contribution in [1.29, 1.82) is 0 Å². The Hall–Kier alpha value is -1.66. The standard InChI is InChI=1S/C13H23N5O2/c1-13(2,3)20-12(19)14-10-7-5-9(6-8-10)11-15-17-18(4)16-11/h9-10H,5-8H2,1-4H3,(H,14,19)/t9-,10-. The predicted molar refractivity (Wildman–Crippen MR) is 73.2 cm³/mol. The molecule has 7 nitrogen and oxygen atoms in total. The molecule has 0 bridgehead atoms. The summed E-state index contributed by atoms with van der Waals surface area (Å²) in [5.74, 6) is 1.16. The zero-order valence-electron chi connectivity index (χ0n) is 12.6. The molecule has 20 heavy (non-hydrogen) atoms. The highest BCUT2D eigenvalue weighted by molar-refractivity contribution is 5.68. The molecular weight excluding hydrogens is 258 g/mol. The first-order valence-electron chi connectivity index (χ1n) is 7.07. The largest absolute Gasteiger partial charge is 0.444 e. The van der Waals surface area contributed by atoms with Crippen molar-refractivity contribution < 1.29 is 9.53 Å². The monoisotopic (exact) mass is 281 g/mol. The quantitative estimate of drug-likeness (QED) is 0.893. The number of rotatable bonds is 2. The molecule has 7 heteroatoms. The molecular formula is C13H23N5O2. The Morgan fingerprint density at radius 3 is 2.45 bits per heavy atom. The lowest BCUT2D eigenvalue weighted by atomic mass is 9.86. The van der Waals surface area contributed by atoms with E-state index in [9.17, 15) is 4.79 Å². The predicted octanol–water partition coefficient (Wildman–Crippen LogP) is 1.76. The van der Waals surface area contributed by atoms with Gasteiger partial charge in [0.15, 0.2) is 5.82 Å². The van der Waals surface area contributed by atoms with Crippen molar-refractivity contribution in [3.8, 4) is 0 Å². The lowest BCUT2D eigenvalue weighted by molar-refractivity contribution is 0.0491. The Labute approximate surface area is 119 Å². The number of alkyl carbamates (subject to hydrolysis) is 1. The number of carbonyl (C=O) groups is 1. The number of hydrogen-bond donors (Lipinski definition) is 1. The van der Waals surface area contributed by atoms with Crippen LogP contribution in [0.25, 0.3) is 0 Å². The molecule has 1 aliphatic rings. The van der Waals surface area contributed by atoms with Crippen LogP contribution in [0.4, 0.5) is 4.79 Å². The van der Waals surface area contributed by atoms with E-state index in [0.717, 1.165) is 31.5 Å². The molecule has 1 saturated carbocycles. The molecule has 0 spiro atoms. The van der Waals surface area contributed by atoms with Crippen LogP contribution in [-0.4, -0.2) is 37.9 Å². The molecule has 2 rings (SSSR count). The molecule has 1 heterocycles. The van der Waals surface area contributed by atoms with Crippen LogP contribution in [0.15, 0.2) is 0 Å². The molecule has 1 aromatic rings. The summed E-state index contributed by atoms with van der Waals surface area (Å²) in [6, 6.07) is 0.178. The van der Waals surface area contributed by atoms with Gasteiger partial charge in [0, 0.05) is 12.0 Å². The molecule has 0 unspecified atom stereocenters. The smallest absolute Gasteiger partial charge is 0.407 e. The average molecular weight is 281 g/mol. The highest BCUT2D eigenvalue weighted by Crippen LogP contribution is 2.30. The van der Waals surface area contributed by atoms with E-state index in [1.165, 1.54) is 4.80 Å². The first-order valence-corrected chi connectivity index (χ1v) is 7.07. The number of tetrazole rings is 1. The maximum absolute atomic E-state index is 11.7. The summed E-state index contributed by atoms with van der Waals surface area (Å²) in [5, 5.41) is 15.1. The van der Waals surface area contributed by atoms with E-state index in [4.69, 9.17) is 4.74 Å². The maximum atomic E-state index is 11.7. The zero-order chi connectivity index (χ0) is 14.8. The van der Waals surface area contributed by atoms with Gasteiger partial charge in [0.05, 0.1) is 7.05 Å². The van der Waals surface area contributed by atoms with Crippen LogP contribution in [0.3, 0.4) is 0 Å². The summed E-state index contributed by atoms with van der Waals surface area (Å²) in [5.41, 5.74) is -0.454. The average Bonchev–Trinajstić information content (AvgIpc) is 2.74. The van der Waals surface area contributed by atoms with Crippen molar-refractivity contribution in [3.63, 3.8) is 0 Å². The minimum atomic E-state index is -0.454. The van der Waals surface area contributed by atoms with Crippen LogP contribution in [0, 0.1) is 0 Å². The van der Waals surface area contributed by atoms with E-state index in [2.05, 4.69) is 20.7 Å². The summed E-state index contributed by atoms with van der Waals surface area (Å²) in [7, 11) is 1.77. The molecule has 1 amide bonds. The summed E-state index contributed by atoms with van der Waals surface area (Å²) < 4.78 is 5.27. The Kier molecular flexibility index (Phi) is 4.25. The third-order valence-corrected chi connectivity index (χ3v) is 3.34. The third-order valence-electron chi connectivity index (χ3n) is 3.34. The first kappa shape index (κ1) is 14.7. The van der Waals surface area contributed by atoms with Crippen LogP contribution in [0.2, 0.25) is 0 Å². The molecule has 0 atom stereocenters. The van der Waals surface area contributed by atoms with Crippen molar-refractivity contribution in [1.82, 2.24) is 25.5 Å². The van der Waals surface area contributed by atoms with Crippen molar-refractivity contribution >= 4 is 6.09 Å². The zero-order valence-corrected chi connectivity index (χ0v) is 12.6. The second-order valence-corrected chi connectivity index (χ2v) is 6.33. The normalized spacial score (nSPS) is 23.4. The van der Waals surface area contributed by atoms with Crippen LogP contribution >= 0.6 is 0 Å².